The highest BCUT2D eigenvalue weighted by atomic mass is 16.5. The van der Waals surface area contributed by atoms with Crippen molar-refractivity contribution in [3.05, 3.63) is 29.3 Å². The highest BCUT2D eigenvalue weighted by Gasteiger charge is 2.36. The van der Waals surface area contributed by atoms with E-state index in [4.69, 9.17) is 9.47 Å². The number of aliphatic hydroxyl groups is 1. The summed E-state index contributed by atoms with van der Waals surface area (Å²) in [7, 11) is 1.66. The van der Waals surface area contributed by atoms with Crippen LogP contribution >= 0.6 is 0 Å². The number of aliphatic hydroxyl groups excluding tert-OH is 1. The van der Waals surface area contributed by atoms with Crippen LogP contribution in [0, 0.1) is 6.92 Å². The molecule has 2 aliphatic heterocycles. The summed E-state index contributed by atoms with van der Waals surface area (Å²) in [5.74, 6) is 0.822. The van der Waals surface area contributed by atoms with Gasteiger partial charge in [-0.15, -0.1) is 0 Å². The summed E-state index contributed by atoms with van der Waals surface area (Å²) < 4.78 is 11.1. The number of fused-ring (bicyclic) bond motifs is 1. The molecular formula is C16H23NO3. The first kappa shape index (κ1) is 13.9. The summed E-state index contributed by atoms with van der Waals surface area (Å²) in [4.78, 5) is 2.45. The van der Waals surface area contributed by atoms with Crippen molar-refractivity contribution in [3.8, 4) is 5.75 Å². The van der Waals surface area contributed by atoms with Gasteiger partial charge in [-0.05, 0) is 49.6 Å². The van der Waals surface area contributed by atoms with E-state index in [9.17, 15) is 5.11 Å². The third-order valence-electron chi connectivity index (χ3n) is 4.56. The van der Waals surface area contributed by atoms with E-state index < -0.39 is 6.10 Å². The lowest BCUT2D eigenvalue weighted by molar-refractivity contribution is -0.103. The summed E-state index contributed by atoms with van der Waals surface area (Å²) in [6.45, 7) is 4.72. The molecule has 0 amide bonds. The normalized spacial score (nSPS) is 28.1. The second kappa shape index (κ2) is 5.72. The van der Waals surface area contributed by atoms with Crippen LogP contribution in [0.5, 0.6) is 5.75 Å². The van der Waals surface area contributed by atoms with Crippen molar-refractivity contribution < 1.29 is 14.6 Å². The van der Waals surface area contributed by atoms with Gasteiger partial charge in [-0.3, -0.25) is 4.90 Å². The Morgan fingerprint density at radius 2 is 2.30 bits per heavy atom. The van der Waals surface area contributed by atoms with Crippen LogP contribution in [-0.2, 0) is 4.74 Å². The summed E-state index contributed by atoms with van der Waals surface area (Å²) in [6, 6.07) is 6.36. The average Bonchev–Trinajstić information content (AvgIpc) is 2.93. The number of nitrogens with zero attached hydrogens (tertiary/aromatic N) is 1. The van der Waals surface area contributed by atoms with Gasteiger partial charge in [-0.25, -0.2) is 0 Å². The molecule has 3 rings (SSSR count). The second-order valence-corrected chi connectivity index (χ2v) is 5.83. The van der Waals surface area contributed by atoms with Gasteiger partial charge in [0.25, 0.3) is 0 Å². The number of methoxy groups -OCH3 is 1. The molecule has 2 saturated heterocycles. The number of ether oxygens (including phenoxy) is 2. The number of aryl methyl sites for hydroxylation is 1. The average molecular weight is 277 g/mol. The van der Waals surface area contributed by atoms with Crippen LogP contribution in [0.1, 0.15) is 30.1 Å². The highest BCUT2D eigenvalue weighted by molar-refractivity contribution is 5.36. The molecule has 0 bridgehead atoms. The molecule has 0 aliphatic carbocycles. The molecule has 4 heteroatoms. The molecule has 3 atom stereocenters. The maximum absolute atomic E-state index is 10.6. The zero-order valence-corrected chi connectivity index (χ0v) is 12.2. The summed E-state index contributed by atoms with van der Waals surface area (Å²) >= 11 is 0. The monoisotopic (exact) mass is 277 g/mol. The van der Waals surface area contributed by atoms with Gasteiger partial charge in [0.2, 0.25) is 0 Å². The van der Waals surface area contributed by atoms with Crippen LogP contribution in [0.2, 0.25) is 0 Å². The van der Waals surface area contributed by atoms with E-state index in [0.717, 1.165) is 36.6 Å². The first-order chi connectivity index (χ1) is 9.69. The molecule has 2 fully saturated rings. The number of benzene rings is 1. The topological polar surface area (TPSA) is 41.9 Å². The molecule has 1 N–H and O–H groups in total. The molecule has 0 aromatic heterocycles. The molecule has 2 aliphatic rings. The molecule has 3 unspecified atom stereocenters. The summed E-state index contributed by atoms with van der Waals surface area (Å²) in [5.41, 5.74) is 1.98. The predicted molar refractivity (Wildman–Crippen MR) is 77.0 cm³/mol. The quantitative estimate of drug-likeness (QED) is 0.916. The van der Waals surface area contributed by atoms with Crippen molar-refractivity contribution in [1.82, 2.24) is 4.90 Å². The largest absolute Gasteiger partial charge is 0.497 e. The van der Waals surface area contributed by atoms with Crippen molar-refractivity contribution in [2.45, 2.75) is 38.0 Å². The van der Waals surface area contributed by atoms with Crippen molar-refractivity contribution in [2.24, 2.45) is 0 Å². The lowest BCUT2D eigenvalue weighted by Crippen LogP contribution is -2.48. The SMILES string of the molecule is COc1ccc(C(O)C2CN3CCCC3CO2)c(C)c1. The Labute approximate surface area is 120 Å². The van der Waals surface area contributed by atoms with Gasteiger partial charge in [0.1, 0.15) is 18.0 Å². The van der Waals surface area contributed by atoms with Crippen molar-refractivity contribution in [1.29, 1.82) is 0 Å². The molecule has 2 heterocycles. The molecule has 20 heavy (non-hydrogen) atoms. The maximum Gasteiger partial charge on any atom is 0.119 e. The Hall–Kier alpha value is -1.10. The molecule has 0 radical (unpaired) electrons. The van der Waals surface area contributed by atoms with Gasteiger partial charge < -0.3 is 14.6 Å². The van der Waals surface area contributed by atoms with Gasteiger partial charge in [-0.2, -0.15) is 0 Å². The molecular weight excluding hydrogens is 254 g/mol. The fourth-order valence-electron chi connectivity index (χ4n) is 3.34. The number of hydrogen-bond acceptors (Lipinski definition) is 4. The molecule has 1 aromatic carbocycles. The van der Waals surface area contributed by atoms with Crippen LogP contribution in [0.15, 0.2) is 18.2 Å². The predicted octanol–water partition coefficient (Wildman–Crippen LogP) is 1.90. The first-order valence-corrected chi connectivity index (χ1v) is 7.37. The number of morpholine rings is 1. The van der Waals surface area contributed by atoms with Crippen LogP contribution in [0.4, 0.5) is 0 Å². The van der Waals surface area contributed by atoms with E-state index in [0.29, 0.717) is 6.04 Å². The van der Waals surface area contributed by atoms with Gasteiger partial charge in [-0.1, -0.05) is 6.07 Å². The fraction of sp³-hybridized carbons (Fsp3) is 0.625. The highest BCUT2D eigenvalue weighted by Crippen LogP contribution is 2.31. The Kier molecular flexibility index (Phi) is 3.96. The zero-order chi connectivity index (χ0) is 14.1. The van der Waals surface area contributed by atoms with Crippen LogP contribution in [-0.4, -0.2) is 49.0 Å². The molecule has 1 aromatic rings. The first-order valence-electron chi connectivity index (χ1n) is 7.37. The van der Waals surface area contributed by atoms with Gasteiger partial charge >= 0.3 is 0 Å². The summed E-state index contributed by atoms with van der Waals surface area (Å²) in [6.07, 6.45) is 1.78. The van der Waals surface area contributed by atoms with E-state index in [2.05, 4.69) is 4.90 Å². The van der Waals surface area contributed by atoms with Crippen molar-refractivity contribution in [3.63, 3.8) is 0 Å². The van der Waals surface area contributed by atoms with E-state index in [1.165, 1.54) is 12.8 Å². The van der Waals surface area contributed by atoms with Gasteiger partial charge in [0, 0.05) is 12.6 Å². The second-order valence-electron chi connectivity index (χ2n) is 5.83. The van der Waals surface area contributed by atoms with E-state index >= 15 is 0 Å². The van der Waals surface area contributed by atoms with Crippen molar-refractivity contribution >= 4 is 0 Å². The van der Waals surface area contributed by atoms with E-state index in [1.807, 2.05) is 25.1 Å². The van der Waals surface area contributed by atoms with Crippen LogP contribution in [0.3, 0.4) is 0 Å². The minimum atomic E-state index is -0.567. The smallest absolute Gasteiger partial charge is 0.119 e. The Morgan fingerprint density at radius 3 is 3.05 bits per heavy atom. The fourth-order valence-corrected chi connectivity index (χ4v) is 3.34. The number of hydrogen-bond donors (Lipinski definition) is 1. The Morgan fingerprint density at radius 1 is 1.45 bits per heavy atom. The standard InChI is InChI=1S/C16H23NO3/c1-11-8-13(19-2)5-6-14(11)16(18)15-9-17-7-3-4-12(17)10-20-15/h5-6,8,12,15-16,18H,3-4,7,9-10H2,1-2H3. The van der Waals surface area contributed by atoms with E-state index in [-0.39, 0.29) is 6.10 Å². The maximum atomic E-state index is 10.6. The third-order valence-corrected chi connectivity index (χ3v) is 4.56. The minimum absolute atomic E-state index is 0.128. The van der Waals surface area contributed by atoms with Gasteiger partial charge in [0.15, 0.2) is 0 Å². The van der Waals surface area contributed by atoms with Crippen molar-refractivity contribution in [2.75, 3.05) is 26.8 Å². The lowest BCUT2D eigenvalue weighted by Gasteiger charge is -2.37. The Bertz CT molecular complexity index is 477. The van der Waals surface area contributed by atoms with E-state index in [1.54, 1.807) is 7.11 Å². The zero-order valence-electron chi connectivity index (χ0n) is 12.2. The molecule has 0 saturated carbocycles. The molecule has 0 spiro atoms. The molecule has 110 valence electrons. The van der Waals surface area contributed by atoms with Gasteiger partial charge in [0.05, 0.1) is 13.7 Å². The van der Waals surface area contributed by atoms with Crippen LogP contribution < -0.4 is 4.74 Å². The third kappa shape index (κ3) is 2.55. The Balaban J connectivity index is 1.73. The minimum Gasteiger partial charge on any atom is -0.497 e. The lowest BCUT2D eigenvalue weighted by atomic mass is 9.97. The number of rotatable bonds is 3. The van der Waals surface area contributed by atoms with Crippen LogP contribution in [0.25, 0.3) is 0 Å². The summed E-state index contributed by atoms with van der Waals surface area (Å²) in [5, 5.41) is 10.6. The molecule has 4 nitrogen and oxygen atoms in total.